The van der Waals surface area contributed by atoms with E-state index in [1.807, 2.05) is 33.8 Å². The van der Waals surface area contributed by atoms with E-state index in [1.165, 1.54) is 26.1 Å². The van der Waals surface area contributed by atoms with Gasteiger partial charge in [-0.1, -0.05) is 18.5 Å². The molecule has 1 atom stereocenters. The molecule has 1 aromatic carbocycles. The molecule has 5 rings (SSSR count). The Balaban J connectivity index is 1.49. The van der Waals surface area contributed by atoms with Gasteiger partial charge >= 0.3 is 6.09 Å². The summed E-state index contributed by atoms with van der Waals surface area (Å²) in [4.78, 5) is 28.2. The number of pyridine rings is 1. The van der Waals surface area contributed by atoms with E-state index in [4.69, 9.17) is 30.8 Å². The number of nitrogens with one attached hydrogen (secondary N) is 2. The molecular formula is C31H36ClN7O4. The van der Waals surface area contributed by atoms with Crippen molar-refractivity contribution in [3.63, 3.8) is 0 Å². The molecule has 0 spiro atoms. The van der Waals surface area contributed by atoms with Gasteiger partial charge in [-0.3, -0.25) is 4.90 Å². The molecule has 1 unspecified atom stereocenters. The molecule has 12 heteroatoms. The van der Waals surface area contributed by atoms with Crippen LogP contribution >= 0.6 is 11.6 Å². The van der Waals surface area contributed by atoms with Crippen LogP contribution in [0.1, 0.15) is 51.7 Å². The van der Waals surface area contributed by atoms with Gasteiger partial charge in [0.2, 0.25) is 11.8 Å². The van der Waals surface area contributed by atoms with Crippen LogP contribution in [0.4, 0.5) is 22.1 Å². The first-order valence-electron chi connectivity index (χ1n) is 14.2. The van der Waals surface area contributed by atoms with E-state index in [9.17, 15) is 10.1 Å². The summed E-state index contributed by atoms with van der Waals surface area (Å²) in [6.45, 7) is 9.48. The van der Waals surface area contributed by atoms with Crippen LogP contribution in [0.15, 0.2) is 36.7 Å². The number of amides is 1. The molecule has 1 aliphatic heterocycles. The van der Waals surface area contributed by atoms with E-state index in [2.05, 4.69) is 26.7 Å². The van der Waals surface area contributed by atoms with Crippen LogP contribution in [0.3, 0.4) is 0 Å². The number of nitrogens with zero attached hydrogens (tertiary/aromatic N) is 5. The number of aromatic nitrogens is 3. The Bertz CT molecular complexity index is 1550. The monoisotopic (exact) mass is 605 g/mol. The third-order valence-corrected chi connectivity index (χ3v) is 7.36. The zero-order chi connectivity index (χ0) is 30.8. The molecule has 2 aliphatic rings. The molecule has 1 aliphatic carbocycles. The van der Waals surface area contributed by atoms with Crippen molar-refractivity contribution in [3.05, 3.63) is 52.8 Å². The van der Waals surface area contributed by atoms with Crippen LogP contribution in [0.5, 0.6) is 5.88 Å². The highest BCUT2D eigenvalue weighted by Gasteiger charge is 2.45. The summed E-state index contributed by atoms with van der Waals surface area (Å²) >= 11 is 6.14. The Morgan fingerprint density at radius 1 is 1.26 bits per heavy atom. The van der Waals surface area contributed by atoms with Gasteiger partial charge in [0.15, 0.2) is 0 Å². The lowest BCUT2D eigenvalue weighted by atomic mass is 9.83. The third-order valence-electron chi connectivity index (χ3n) is 7.16. The summed E-state index contributed by atoms with van der Waals surface area (Å²) in [5.74, 6) is 0.636. The number of halogens is 1. The maximum absolute atomic E-state index is 13.4. The van der Waals surface area contributed by atoms with Gasteiger partial charge in [-0.25, -0.2) is 19.7 Å². The molecule has 226 valence electrons. The number of hydrogen-bond acceptors (Lipinski definition) is 10. The summed E-state index contributed by atoms with van der Waals surface area (Å²) in [5.41, 5.74) is 2.18. The normalized spacial score (nSPS) is 17.7. The van der Waals surface area contributed by atoms with Crippen LogP contribution in [0, 0.1) is 11.3 Å². The number of carbonyl (C=O) groups excluding carboxylic acids is 1. The van der Waals surface area contributed by atoms with Crippen LogP contribution in [0.25, 0.3) is 11.3 Å². The van der Waals surface area contributed by atoms with Gasteiger partial charge in [-0.2, -0.15) is 5.26 Å². The van der Waals surface area contributed by atoms with Crippen LogP contribution in [0.2, 0.25) is 5.02 Å². The average molecular weight is 606 g/mol. The van der Waals surface area contributed by atoms with E-state index in [1.54, 1.807) is 29.3 Å². The second kappa shape index (κ2) is 12.3. The molecule has 2 aromatic heterocycles. The number of anilines is 3. The fraction of sp³-hybridized carbons (Fsp3) is 0.452. The minimum Gasteiger partial charge on any atom is -0.480 e. The Morgan fingerprint density at radius 2 is 2.05 bits per heavy atom. The maximum atomic E-state index is 13.4. The summed E-state index contributed by atoms with van der Waals surface area (Å²) in [5, 5.41) is 17.3. The number of nitriles is 1. The van der Waals surface area contributed by atoms with E-state index in [0.717, 1.165) is 12.1 Å². The molecule has 0 bridgehead atoms. The molecule has 3 aromatic rings. The van der Waals surface area contributed by atoms with Gasteiger partial charge in [0, 0.05) is 42.5 Å². The van der Waals surface area contributed by atoms with Crippen LogP contribution in [-0.2, 0) is 14.9 Å². The smallest absolute Gasteiger partial charge is 0.414 e. The molecular weight excluding hydrogens is 570 g/mol. The first-order chi connectivity index (χ1) is 20.5. The molecule has 0 radical (unpaired) electrons. The number of ether oxygens (including phenoxy) is 3. The second-order valence-electron chi connectivity index (χ2n) is 12.0. The molecule has 3 heterocycles. The fourth-order valence-corrected chi connectivity index (χ4v) is 5.19. The Hall–Kier alpha value is -3.98. The van der Waals surface area contributed by atoms with Crippen molar-refractivity contribution in [2.24, 2.45) is 0 Å². The maximum Gasteiger partial charge on any atom is 0.414 e. The lowest BCUT2D eigenvalue weighted by Crippen LogP contribution is -2.41. The van der Waals surface area contributed by atoms with Gasteiger partial charge < -0.3 is 24.8 Å². The fourth-order valence-electron chi connectivity index (χ4n) is 5.03. The van der Waals surface area contributed by atoms with Crippen molar-refractivity contribution in [3.8, 4) is 23.2 Å². The van der Waals surface area contributed by atoms with Gasteiger partial charge in [0.25, 0.3) is 0 Å². The molecule has 2 N–H and O–H groups in total. The number of benzene rings is 1. The van der Waals surface area contributed by atoms with Gasteiger partial charge in [0.1, 0.15) is 17.4 Å². The van der Waals surface area contributed by atoms with Crippen LogP contribution < -0.4 is 20.3 Å². The first kappa shape index (κ1) is 30.5. The van der Waals surface area contributed by atoms with Gasteiger partial charge in [-0.15, -0.1) is 0 Å². The number of rotatable bonds is 10. The quantitative estimate of drug-likeness (QED) is 0.281. The molecule has 43 heavy (non-hydrogen) atoms. The number of methoxy groups -OCH3 is 1. The zero-order valence-electron chi connectivity index (χ0n) is 25.0. The van der Waals surface area contributed by atoms with E-state index >= 15 is 0 Å². The topological polar surface area (TPSA) is 135 Å². The lowest BCUT2D eigenvalue weighted by molar-refractivity contribution is 0.0561. The predicted molar refractivity (Wildman–Crippen MR) is 164 cm³/mol. The third kappa shape index (κ3) is 7.16. The highest BCUT2D eigenvalue weighted by Crippen LogP contribution is 2.45. The predicted octanol–water partition coefficient (Wildman–Crippen LogP) is 5.60. The van der Waals surface area contributed by atoms with E-state index < -0.39 is 17.1 Å². The number of carbonyl (C=O) groups is 1. The molecule has 1 fully saturated rings. The van der Waals surface area contributed by atoms with Gasteiger partial charge in [0.05, 0.1) is 42.3 Å². The highest BCUT2D eigenvalue weighted by molar-refractivity contribution is 6.30. The SMILES string of the molecule is COc1ncc(Cl)cc1Nc1nccc(-c2cc(C#N)c3c(c2)C(C)(COCCNC2CC2)CN3C(=O)OC(C)(C)C)n1. The largest absolute Gasteiger partial charge is 0.480 e. The van der Waals surface area contributed by atoms with Crippen molar-refractivity contribution in [2.75, 3.05) is 43.6 Å². The number of hydrogen-bond donors (Lipinski definition) is 2. The Labute approximate surface area is 256 Å². The summed E-state index contributed by atoms with van der Waals surface area (Å²) in [7, 11) is 1.51. The number of fused-ring (bicyclic) bond motifs is 1. The van der Waals surface area contributed by atoms with E-state index in [0.29, 0.717) is 70.8 Å². The summed E-state index contributed by atoms with van der Waals surface area (Å²) < 4.78 is 17.2. The van der Waals surface area contributed by atoms with Crippen molar-refractivity contribution < 1.29 is 19.0 Å². The first-order valence-corrected chi connectivity index (χ1v) is 14.6. The minimum absolute atomic E-state index is 0.295. The summed E-state index contributed by atoms with van der Waals surface area (Å²) in [6.07, 6.45) is 5.02. The van der Waals surface area contributed by atoms with Crippen LogP contribution in [-0.4, -0.2) is 66.1 Å². The lowest BCUT2D eigenvalue weighted by Gasteiger charge is -2.27. The standard InChI is InChI=1S/C31H36ClN7O4/c1-30(2,3)43-29(40)39-17-31(4,18-42-11-10-34-22-6-7-22)23-13-19(12-20(15-33)26(23)39)24-8-9-35-28(37-24)38-25-14-21(32)16-36-27(25)41-5/h8-9,12-14,16,22,34H,6-7,10-11,17-18H2,1-5H3,(H,35,37,38). The van der Waals surface area contributed by atoms with Crippen molar-refractivity contribution >= 4 is 35.0 Å². The summed E-state index contributed by atoms with van der Waals surface area (Å²) in [6, 6.07) is 10.0. The molecule has 1 amide bonds. The second-order valence-corrected chi connectivity index (χ2v) is 12.5. The van der Waals surface area contributed by atoms with Crippen molar-refractivity contribution in [1.29, 1.82) is 5.26 Å². The zero-order valence-corrected chi connectivity index (χ0v) is 25.8. The average Bonchev–Trinajstić information content (AvgIpc) is 3.74. The van der Waals surface area contributed by atoms with Gasteiger partial charge in [-0.05, 0) is 63.4 Å². The molecule has 0 saturated heterocycles. The molecule has 1 saturated carbocycles. The minimum atomic E-state index is -0.695. The van der Waals surface area contributed by atoms with E-state index in [-0.39, 0.29) is 0 Å². The Kier molecular flexibility index (Phi) is 8.74. The molecule has 11 nitrogen and oxygen atoms in total. The van der Waals surface area contributed by atoms with Crippen molar-refractivity contribution in [1.82, 2.24) is 20.3 Å². The van der Waals surface area contributed by atoms with Crippen molar-refractivity contribution in [2.45, 2.75) is 57.6 Å². The highest BCUT2D eigenvalue weighted by atomic mass is 35.5. The Morgan fingerprint density at radius 3 is 2.74 bits per heavy atom.